The summed E-state index contributed by atoms with van der Waals surface area (Å²) in [4.78, 5) is 4.72. The van der Waals surface area contributed by atoms with Gasteiger partial charge in [0.15, 0.2) is 0 Å². The summed E-state index contributed by atoms with van der Waals surface area (Å²) >= 11 is 0. The largest absolute Gasteiger partial charge is 0.384 e. The minimum absolute atomic E-state index is 0.0703. The molecule has 1 aliphatic carbocycles. The summed E-state index contributed by atoms with van der Waals surface area (Å²) < 4.78 is 13.3. The van der Waals surface area contributed by atoms with Crippen LogP contribution in [0.25, 0.3) is 0 Å². The summed E-state index contributed by atoms with van der Waals surface area (Å²) in [5, 5.41) is 7.58. The lowest BCUT2D eigenvalue weighted by atomic mass is 10.1. The predicted molar refractivity (Wildman–Crippen MR) is 74.2 cm³/mol. The van der Waals surface area contributed by atoms with Gasteiger partial charge >= 0.3 is 0 Å². The Bertz CT molecular complexity index is 490. The van der Waals surface area contributed by atoms with Crippen molar-refractivity contribution in [1.29, 1.82) is 5.41 Å². The molecular weight excluding hydrogens is 243 g/mol. The molecule has 4 nitrogen and oxygen atoms in total. The van der Waals surface area contributed by atoms with Crippen LogP contribution in [0.3, 0.4) is 0 Å². The average Bonchev–Trinajstić information content (AvgIpc) is 3.23. The molecule has 0 unspecified atom stereocenters. The van der Waals surface area contributed by atoms with E-state index in [1.165, 1.54) is 25.0 Å². The molecule has 1 aliphatic heterocycles. The number of piperazine rings is 1. The molecule has 0 amide bonds. The number of anilines is 1. The number of hydrogen-bond donors (Lipinski definition) is 2. The molecule has 19 heavy (non-hydrogen) atoms. The molecule has 1 saturated carbocycles. The van der Waals surface area contributed by atoms with Crippen LogP contribution in [0.1, 0.15) is 18.4 Å². The number of amidine groups is 1. The van der Waals surface area contributed by atoms with Crippen molar-refractivity contribution in [3.05, 3.63) is 29.6 Å². The number of nitrogens with two attached hydrogens (primary N) is 1. The number of hydrogen-bond acceptors (Lipinski definition) is 3. The molecule has 1 saturated heterocycles. The van der Waals surface area contributed by atoms with Crippen molar-refractivity contribution in [2.45, 2.75) is 18.9 Å². The van der Waals surface area contributed by atoms with Gasteiger partial charge in [-0.15, -0.1) is 0 Å². The Labute approximate surface area is 112 Å². The van der Waals surface area contributed by atoms with Crippen molar-refractivity contribution in [3.8, 4) is 0 Å². The first-order valence-corrected chi connectivity index (χ1v) is 6.78. The van der Waals surface area contributed by atoms with Crippen LogP contribution in [0.2, 0.25) is 0 Å². The van der Waals surface area contributed by atoms with Gasteiger partial charge in [0.2, 0.25) is 0 Å². The zero-order valence-electron chi connectivity index (χ0n) is 10.9. The smallest absolute Gasteiger partial charge is 0.125 e. The van der Waals surface area contributed by atoms with Crippen LogP contribution in [0.4, 0.5) is 10.1 Å². The van der Waals surface area contributed by atoms with E-state index in [9.17, 15) is 4.39 Å². The van der Waals surface area contributed by atoms with Crippen molar-refractivity contribution in [2.24, 2.45) is 5.73 Å². The second-order valence-electron chi connectivity index (χ2n) is 5.33. The van der Waals surface area contributed by atoms with Gasteiger partial charge in [-0.05, 0) is 31.0 Å². The van der Waals surface area contributed by atoms with Gasteiger partial charge in [-0.3, -0.25) is 10.3 Å². The second-order valence-corrected chi connectivity index (χ2v) is 5.33. The number of nitrogen functional groups attached to an aromatic ring is 1. The van der Waals surface area contributed by atoms with Crippen molar-refractivity contribution in [3.63, 3.8) is 0 Å². The summed E-state index contributed by atoms with van der Waals surface area (Å²) in [6.07, 6.45) is 2.66. The second kappa shape index (κ2) is 4.81. The molecule has 102 valence electrons. The third kappa shape index (κ3) is 2.56. The van der Waals surface area contributed by atoms with E-state index in [2.05, 4.69) is 9.80 Å². The normalized spacial score (nSPS) is 20.6. The van der Waals surface area contributed by atoms with Crippen molar-refractivity contribution in [1.82, 2.24) is 4.90 Å². The van der Waals surface area contributed by atoms with E-state index in [-0.39, 0.29) is 11.7 Å². The summed E-state index contributed by atoms with van der Waals surface area (Å²) in [6, 6.07) is 5.32. The minimum Gasteiger partial charge on any atom is -0.384 e. The number of benzene rings is 1. The fourth-order valence-electron chi connectivity index (χ4n) is 2.77. The number of nitrogens with one attached hydrogen (secondary N) is 1. The van der Waals surface area contributed by atoms with Crippen LogP contribution in [0, 0.1) is 11.2 Å². The molecule has 2 fully saturated rings. The van der Waals surface area contributed by atoms with Crippen LogP contribution in [0.5, 0.6) is 0 Å². The average molecular weight is 262 g/mol. The lowest BCUT2D eigenvalue weighted by molar-refractivity contribution is 0.248. The maximum absolute atomic E-state index is 13.3. The zero-order valence-corrected chi connectivity index (χ0v) is 10.9. The van der Waals surface area contributed by atoms with Gasteiger partial charge in [-0.1, -0.05) is 0 Å². The highest BCUT2D eigenvalue weighted by molar-refractivity contribution is 6.00. The van der Waals surface area contributed by atoms with E-state index >= 15 is 0 Å². The molecule has 3 rings (SSSR count). The Morgan fingerprint density at radius 2 is 1.89 bits per heavy atom. The lowest BCUT2D eigenvalue weighted by Gasteiger charge is -2.37. The van der Waals surface area contributed by atoms with Gasteiger partial charge in [0.05, 0.1) is 0 Å². The Kier molecular flexibility index (Phi) is 3.14. The fraction of sp³-hybridized carbons (Fsp3) is 0.500. The standard InChI is InChI=1S/C14H19FN4/c15-10-1-4-13(12(9-10)14(16)17)19-7-5-18(6-8-19)11-2-3-11/h1,4,9,11H,2-3,5-8H2,(H3,16,17). The van der Waals surface area contributed by atoms with E-state index in [1.54, 1.807) is 6.07 Å². The molecule has 2 aliphatic rings. The molecule has 0 bridgehead atoms. The van der Waals surface area contributed by atoms with Crippen LogP contribution in [0.15, 0.2) is 18.2 Å². The van der Waals surface area contributed by atoms with E-state index in [1.807, 2.05) is 0 Å². The molecular formula is C14H19FN4. The molecule has 0 atom stereocenters. The van der Waals surface area contributed by atoms with Crippen LogP contribution >= 0.6 is 0 Å². The number of halogens is 1. The SMILES string of the molecule is N=C(N)c1cc(F)ccc1N1CCN(C2CC2)CC1. The summed E-state index contributed by atoms with van der Waals surface area (Å²) in [5.74, 6) is -0.412. The highest BCUT2D eigenvalue weighted by Crippen LogP contribution is 2.29. The monoisotopic (exact) mass is 262 g/mol. The Balaban J connectivity index is 1.77. The topological polar surface area (TPSA) is 56.4 Å². The van der Waals surface area contributed by atoms with E-state index < -0.39 is 0 Å². The summed E-state index contributed by atoms with van der Waals surface area (Å²) in [6.45, 7) is 3.92. The molecule has 0 spiro atoms. The maximum atomic E-state index is 13.3. The quantitative estimate of drug-likeness (QED) is 0.639. The molecule has 5 heteroatoms. The van der Waals surface area contributed by atoms with Gasteiger partial charge < -0.3 is 10.6 Å². The highest BCUT2D eigenvalue weighted by atomic mass is 19.1. The van der Waals surface area contributed by atoms with Gasteiger partial charge in [0.25, 0.3) is 0 Å². The summed E-state index contributed by atoms with van der Waals surface area (Å²) in [7, 11) is 0. The van der Waals surface area contributed by atoms with E-state index in [0.717, 1.165) is 37.9 Å². The molecule has 0 aromatic heterocycles. The van der Waals surface area contributed by atoms with E-state index in [0.29, 0.717) is 5.56 Å². The van der Waals surface area contributed by atoms with Crippen molar-refractivity contribution >= 4 is 11.5 Å². The van der Waals surface area contributed by atoms with Crippen LogP contribution in [-0.2, 0) is 0 Å². The van der Waals surface area contributed by atoms with Crippen LogP contribution < -0.4 is 10.6 Å². The predicted octanol–water partition coefficient (Wildman–Crippen LogP) is 1.39. The summed E-state index contributed by atoms with van der Waals surface area (Å²) in [5.41, 5.74) is 6.93. The van der Waals surface area contributed by atoms with Crippen molar-refractivity contribution < 1.29 is 4.39 Å². The maximum Gasteiger partial charge on any atom is 0.125 e. The van der Waals surface area contributed by atoms with Gasteiger partial charge in [-0.25, -0.2) is 4.39 Å². The first-order valence-electron chi connectivity index (χ1n) is 6.78. The minimum atomic E-state index is -0.342. The van der Waals surface area contributed by atoms with Gasteiger partial charge in [-0.2, -0.15) is 0 Å². The zero-order chi connectivity index (χ0) is 13.4. The third-order valence-corrected chi connectivity index (χ3v) is 3.97. The molecule has 3 N–H and O–H groups in total. The first-order chi connectivity index (χ1) is 9.15. The number of nitrogens with zero attached hydrogens (tertiary/aromatic N) is 2. The van der Waals surface area contributed by atoms with Crippen molar-refractivity contribution in [2.75, 3.05) is 31.1 Å². The Hall–Kier alpha value is -1.62. The highest BCUT2D eigenvalue weighted by Gasteiger charge is 2.31. The van der Waals surface area contributed by atoms with Crippen LogP contribution in [-0.4, -0.2) is 43.0 Å². The van der Waals surface area contributed by atoms with Gasteiger partial charge in [0.1, 0.15) is 11.7 Å². The fourth-order valence-corrected chi connectivity index (χ4v) is 2.77. The first kappa shape index (κ1) is 12.4. The van der Waals surface area contributed by atoms with Gasteiger partial charge in [0, 0.05) is 43.5 Å². The Morgan fingerprint density at radius 3 is 2.47 bits per heavy atom. The number of rotatable bonds is 3. The third-order valence-electron chi connectivity index (χ3n) is 3.97. The molecule has 1 heterocycles. The molecule has 0 radical (unpaired) electrons. The lowest BCUT2D eigenvalue weighted by Crippen LogP contribution is -2.47. The molecule has 1 aromatic rings. The Morgan fingerprint density at radius 1 is 1.21 bits per heavy atom. The van der Waals surface area contributed by atoms with E-state index in [4.69, 9.17) is 11.1 Å². The molecule has 1 aromatic carbocycles.